The topological polar surface area (TPSA) is 29.1 Å². The van der Waals surface area contributed by atoms with E-state index >= 15 is 0 Å². The number of hydrogen-bond donors (Lipinski definition) is 1. The fourth-order valence-corrected chi connectivity index (χ4v) is 2.39. The zero-order chi connectivity index (χ0) is 15.2. The Morgan fingerprint density at radius 1 is 1.10 bits per heavy atom. The van der Waals surface area contributed by atoms with Crippen LogP contribution in [-0.4, -0.2) is 12.5 Å². The Morgan fingerprint density at radius 2 is 1.81 bits per heavy atom. The maximum atomic E-state index is 12.1. The highest BCUT2D eigenvalue weighted by molar-refractivity contribution is 5.79. The van der Waals surface area contributed by atoms with Crippen molar-refractivity contribution in [3.05, 3.63) is 70.8 Å². The van der Waals surface area contributed by atoms with Crippen molar-refractivity contribution in [1.82, 2.24) is 5.32 Å². The molecule has 2 aromatic carbocycles. The minimum absolute atomic E-state index is 0.0893. The molecule has 0 heterocycles. The Morgan fingerprint density at radius 3 is 2.52 bits per heavy atom. The predicted octanol–water partition coefficient (Wildman–Crippen LogP) is 3.77. The number of nitrogens with one attached hydrogen (secondary N) is 1. The lowest BCUT2D eigenvalue weighted by Crippen LogP contribution is -2.29. The lowest BCUT2D eigenvalue weighted by molar-refractivity contribution is -0.120. The minimum Gasteiger partial charge on any atom is -0.355 e. The Hall–Kier alpha value is -2.09. The summed E-state index contributed by atoms with van der Waals surface area (Å²) in [5.74, 6) is 0.417. The first kappa shape index (κ1) is 15.3. The second-order valence-corrected chi connectivity index (χ2v) is 5.72. The third-order valence-electron chi connectivity index (χ3n) is 3.83. The van der Waals surface area contributed by atoms with E-state index in [1.807, 2.05) is 18.2 Å². The molecule has 2 nitrogen and oxygen atoms in total. The van der Waals surface area contributed by atoms with E-state index in [1.54, 1.807) is 0 Å². The number of rotatable bonds is 5. The number of carbonyl (C=O) groups is 1. The first-order valence-corrected chi connectivity index (χ1v) is 7.44. The molecule has 110 valence electrons. The predicted molar refractivity (Wildman–Crippen MR) is 87.5 cm³/mol. The molecule has 0 fully saturated rings. The van der Waals surface area contributed by atoms with Gasteiger partial charge in [-0.05, 0) is 36.5 Å². The summed E-state index contributed by atoms with van der Waals surface area (Å²) in [4.78, 5) is 12.1. The molecule has 0 radical (unpaired) electrons. The third-order valence-corrected chi connectivity index (χ3v) is 3.83. The van der Waals surface area contributed by atoms with E-state index in [0.717, 1.165) is 5.56 Å². The van der Waals surface area contributed by atoms with Gasteiger partial charge in [0.2, 0.25) is 5.91 Å². The van der Waals surface area contributed by atoms with Crippen LogP contribution in [0.4, 0.5) is 0 Å². The molecular formula is C19H23NO. The first-order valence-electron chi connectivity index (χ1n) is 7.44. The van der Waals surface area contributed by atoms with Crippen LogP contribution in [0.3, 0.4) is 0 Å². The van der Waals surface area contributed by atoms with Crippen LogP contribution < -0.4 is 5.32 Å². The van der Waals surface area contributed by atoms with Gasteiger partial charge in [-0.2, -0.15) is 0 Å². The van der Waals surface area contributed by atoms with Gasteiger partial charge < -0.3 is 5.32 Å². The number of carbonyl (C=O) groups excluding carboxylic acids is 1. The second-order valence-electron chi connectivity index (χ2n) is 5.72. The van der Waals surface area contributed by atoms with Crippen LogP contribution in [-0.2, 0) is 11.2 Å². The molecule has 0 aromatic heterocycles. The number of aryl methyl sites for hydroxylation is 2. The van der Waals surface area contributed by atoms with Gasteiger partial charge in [0.05, 0.1) is 6.42 Å². The van der Waals surface area contributed by atoms with Crippen molar-refractivity contribution in [1.29, 1.82) is 0 Å². The van der Waals surface area contributed by atoms with Crippen molar-refractivity contribution in [2.75, 3.05) is 6.54 Å². The molecule has 2 aromatic rings. The number of amides is 1. The maximum Gasteiger partial charge on any atom is 0.224 e. The fraction of sp³-hybridized carbons (Fsp3) is 0.316. The second kappa shape index (κ2) is 7.07. The van der Waals surface area contributed by atoms with Gasteiger partial charge in [-0.3, -0.25) is 4.79 Å². The van der Waals surface area contributed by atoms with Crippen molar-refractivity contribution >= 4 is 5.91 Å². The number of benzene rings is 2. The van der Waals surface area contributed by atoms with E-state index in [2.05, 4.69) is 56.4 Å². The molecule has 0 aliphatic heterocycles. The van der Waals surface area contributed by atoms with E-state index < -0.39 is 0 Å². The van der Waals surface area contributed by atoms with Crippen molar-refractivity contribution in [3.8, 4) is 0 Å². The molecule has 1 atom stereocenters. The van der Waals surface area contributed by atoms with Crippen LogP contribution in [0, 0.1) is 13.8 Å². The summed E-state index contributed by atoms with van der Waals surface area (Å²) in [5, 5.41) is 3.04. The Balaban J connectivity index is 1.89. The van der Waals surface area contributed by atoms with E-state index in [9.17, 15) is 4.79 Å². The van der Waals surface area contributed by atoms with Crippen LogP contribution >= 0.6 is 0 Å². The molecule has 2 heteroatoms. The average molecular weight is 281 g/mol. The van der Waals surface area contributed by atoms with Gasteiger partial charge in [-0.25, -0.2) is 0 Å². The first-order chi connectivity index (χ1) is 10.1. The average Bonchev–Trinajstić information content (AvgIpc) is 2.49. The van der Waals surface area contributed by atoms with Gasteiger partial charge in [0.1, 0.15) is 0 Å². The van der Waals surface area contributed by atoms with Gasteiger partial charge in [-0.1, -0.05) is 61.0 Å². The summed E-state index contributed by atoms with van der Waals surface area (Å²) in [5.41, 5.74) is 4.73. The molecule has 0 saturated carbocycles. The number of hydrogen-bond acceptors (Lipinski definition) is 1. The van der Waals surface area contributed by atoms with E-state index in [-0.39, 0.29) is 5.91 Å². The zero-order valence-corrected chi connectivity index (χ0v) is 13.0. The van der Waals surface area contributed by atoms with Gasteiger partial charge in [-0.15, -0.1) is 0 Å². The van der Waals surface area contributed by atoms with Crippen LogP contribution in [0.1, 0.15) is 35.1 Å². The highest BCUT2D eigenvalue weighted by atomic mass is 16.1. The standard InChI is InChI=1S/C19H23NO/c1-14-9-10-15(2)18(11-14)12-19(21)20-13-16(3)17-7-5-4-6-8-17/h4-11,16H,12-13H2,1-3H3,(H,20,21)/t16-/m0/s1. The quantitative estimate of drug-likeness (QED) is 0.888. The summed E-state index contributed by atoms with van der Waals surface area (Å²) in [6.07, 6.45) is 0.453. The highest BCUT2D eigenvalue weighted by Crippen LogP contribution is 2.14. The summed E-state index contributed by atoms with van der Waals surface area (Å²) < 4.78 is 0. The normalized spacial score (nSPS) is 12.0. The Labute approximate surface area is 127 Å². The van der Waals surface area contributed by atoms with Gasteiger partial charge in [0.25, 0.3) is 0 Å². The summed E-state index contributed by atoms with van der Waals surface area (Å²) >= 11 is 0. The minimum atomic E-state index is 0.0893. The third kappa shape index (κ3) is 4.45. The summed E-state index contributed by atoms with van der Waals surface area (Å²) in [7, 11) is 0. The molecule has 1 amide bonds. The monoisotopic (exact) mass is 281 g/mol. The van der Waals surface area contributed by atoms with Gasteiger partial charge in [0.15, 0.2) is 0 Å². The van der Waals surface area contributed by atoms with Crippen molar-refractivity contribution < 1.29 is 4.79 Å². The van der Waals surface area contributed by atoms with Crippen LogP contribution in [0.25, 0.3) is 0 Å². The molecule has 21 heavy (non-hydrogen) atoms. The van der Waals surface area contributed by atoms with Crippen LogP contribution in [0.2, 0.25) is 0 Å². The lowest BCUT2D eigenvalue weighted by Gasteiger charge is -2.13. The molecule has 0 spiro atoms. The lowest BCUT2D eigenvalue weighted by atomic mass is 10.0. The molecular weight excluding hydrogens is 258 g/mol. The Kier molecular flexibility index (Phi) is 5.15. The smallest absolute Gasteiger partial charge is 0.224 e. The van der Waals surface area contributed by atoms with Crippen molar-refractivity contribution in [2.45, 2.75) is 33.1 Å². The fourth-order valence-electron chi connectivity index (χ4n) is 2.39. The molecule has 0 unspecified atom stereocenters. The molecule has 0 aliphatic rings. The van der Waals surface area contributed by atoms with E-state index in [1.165, 1.54) is 16.7 Å². The van der Waals surface area contributed by atoms with E-state index in [0.29, 0.717) is 18.9 Å². The van der Waals surface area contributed by atoms with Gasteiger partial charge >= 0.3 is 0 Å². The summed E-state index contributed by atoms with van der Waals surface area (Å²) in [6.45, 7) is 6.91. The molecule has 1 N–H and O–H groups in total. The molecule has 0 bridgehead atoms. The molecule has 0 saturated heterocycles. The largest absolute Gasteiger partial charge is 0.355 e. The highest BCUT2D eigenvalue weighted by Gasteiger charge is 2.09. The van der Waals surface area contributed by atoms with Crippen LogP contribution in [0.15, 0.2) is 48.5 Å². The van der Waals surface area contributed by atoms with Gasteiger partial charge in [0, 0.05) is 6.54 Å². The maximum absolute atomic E-state index is 12.1. The van der Waals surface area contributed by atoms with E-state index in [4.69, 9.17) is 0 Å². The van der Waals surface area contributed by atoms with Crippen molar-refractivity contribution in [2.24, 2.45) is 0 Å². The molecule has 0 aliphatic carbocycles. The summed E-state index contributed by atoms with van der Waals surface area (Å²) in [6, 6.07) is 16.5. The Bertz CT molecular complexity index is 604. The zero-order valence-electron chi connectivity index (χ0n) is 13.0. The molecule has 2 rings (SSSR count). The van der Waals surface area contributed by atoms with Crippen LogP contribution in [0.5, 0.6) is 0 Å². The SMILES string of the molecule is Cc1ccc(C)c(CC(=O)NC[C@H](C)c2ccccc2)c1. The van der Waals surface area contributed by atoms with Crippen molar-refractivity contribution in [3.63, 3.8) is 0 Å².